The Morgan fingerprint density at radius 3 is 2.37 bits per heavy atom. The normalized spacial score (nSPS) is 13.7. The third kappa shape index (κ3) is 6.27. The highest BCUT2D eigenvalue weighted by Crippen LogP contribution is 2.32. The monoisotopic (exact) mass is 467 g/mol. The number of benzene rings is 3. The van der Waals surface area contributed by atoms with Crippen molar-refractivity contribution in [1.82, 2.24) is 4.90 Å². The van der Waals surface area contributed by atoms with E-state index in [4.69, 9.17) is 15.7 Å². The molecule has 3 aromatic rings. The summed E-state index contributed by atoms with van der Waals surface area (Å²) in [5, 5.41) is 9.06. The molecule has 0 saturated carbocycles. The Hall–Kier alpha value is -4.11. The predicted molar refractivity (Wildman–Crippen MR) is 135 cm³/mol. The Balaban J connectivity index is 1.35. The summed E-state index contributed by atoms with van der Waals surface area (Å²) in [7, 11) is 0. The molecule has 0 bridgehead atoms. The Morgan fingerprint density at radius 2 is 1.71 bits per heavy atom. The highest BCUT2D eigenvalue weighted by atomic mass is 16.5. The average molecular weight is 468 g/mol. The van der Waals surface area contributed by atoms with Gasteiger partial charge in [0.05, 0.1) is 11.6 Å². The molecule has 0 radical (unpaired) electrons. The van der Waals surface area contributed by atoms with Gasteiger partial charge in [0.25, 0.3) is 5.91 Å². The molecule has 1 fully saturated rings. The van der Waals surface area contributed by atoms with Crippen LogP contribution in [0.4, 0.5) is 0 Å². The first kappa shape index (κ1) is 24.0. The van der Waals surface area contributed by atoms with E-state index < -0.39 is 5.91 Å². The Labute approximate surface area is 205 Å². The number of carbonyl (C=O) groups is 2. The van der Waals surface area contributed by atoms with Gasteiger partial charge in [-0.1, -0.05) is 42.5 Å². The van der Waals surface area contributed by atoms with Gasteiger partial charge in [0.15, 0.2) is 6.61 Å². The van der Waals surface area contributed by atoms with Crippen LogP contribution in [0, 0.1) is 17.2 Å². The van der Waals surface area contributed by atoms with E-state index in [1.807, 2.05) is 11.0 Å². The molecule has 6 nitrogen and oxygen atoms in total. The molecule has 2 N–H and O–H groups in total. The summed E-state index contributed by atoms with van der Waals surface area (Å²) >= 11 is 0. The summed E-state index contributed by atoms with van der Waals surface area (Å²) in [6, 6.07) is 24.5. The first-order valence-corrected chi connectivity index (χ1v) is 11.9. The second-order valence-electron chi connectivity index (χ2n) is 8.90. The van der Waals surface area contributed by atoms with Gasteiger partial charge in [-0.15, -0.1) is 0 Å². The molecule has 6 heteroatoms. The van der Waals surface area contributed by atoms with E-state index in [2.05, 4.69) is 30.3 Å². The molecular formula is C29H29N3O3. The number of nitrogens with zero attached hydrogens (tertiary/aromatic N) is 2. The predicted octanol–water partition coefficient (Wildman–Crippen LogP) is 4.57. The lowest BCUT2D eigenvalue weighted by Crippen LogP contribution is -2.41. The minimum atomic E-state index is -0.544. The third-order valence-corrected chi connectivity index (χ3v) is 6.59. The van der Waals surface area contributed by atoms with Gasteiger partial charge in [-0.25, -0.2) is 0 Å². The molecule has 0 atom stereocenters. The first-order chi connectivity index (χ1) is 17.0. The molecule has 1 aliphatic heterocycles. The van der Waals surface area contributed by atoms with E-state index in [0.717, 1.165) is 44.3 Å². The fourth-order valence-electron chi connectivity index (χ4n) is 4.48. The van der Waals surface area contributed by atoms with Crippen molar-refractivity contribution in [1.29, 1.82) is 5.26 Å². The van der Waals surface area contributed by atoms with Gasteiger partial charge in [0.2, 0.25) is 5.91 Å². The van der Waals surface area contributed by atoms with Gasteiger partial charge in [0, 0.05) is 24.2 Å². The summed E-state index contributed by atoms with van der Waals surface area (Å²) in [6.07, 6.45) is 4.22. The van der Waals surface area contributed by atoms with E-state index >= 15 is 0 Å². The van der Waals surface area contributed by atoms with Gasteiger partial charge in [-0.3, -0.25) is 9.59 Å². The maximum atomic E-state index is 12.9. The first-order valence-electron chi connectivity index (χ1n) is 11.9. The van der Waals surface area contributed by atoms with Crippen LogP contribution in [-0.4, -0.2) is 36.4 Å². The number of hydrogen-bond donors (Lipinski definition) is 1. The van der Waals surface area contributed by atoms with Gasteiger partial charge in [-0.05, 0) is 73.1 Å². The molecule has 4 rings (SSSR count). The molecule has 1 aliphatic rings. The lowest BCUT2D eigenvalue weighted by molar-refractivity contribution is -0.134. The van der Waals surface area contributed by atoms with E-state index in [1.54, 1.807) is 42.5 Å². The van der Waals surface area contributed by atoms with Crippen molar-refractivity contribution in [3.05, 3.63) is 89.5 Å². The number of likely N-dealkylation sites (tertiary alicyclic amines) is 1. The van der Waals surface area contributed by atoms with Crippen molar-refractivity contribution in [3.63, 3.8) is 0 Å². The zero-order valence-electron chi connectivity index (χ0n) is 19.7. The number of primary amides is 1. The highest BCUT2D eigenvalue weighted by Gasteiger charge is 2.23. The zero-order chi connectivity index (χ0) is 24.6. The van der Waals surface area contributed by atoms with Crippen LogP contribution in [0.2, 0.25) is 0 Å². The van der Waals surface area contributed by atoms with E-state index in [9.17, 15) is 9.59 Å². The largest absolute Gasteiger partial charge is 0.483 e. The number of rotatable bonds is 8. The number of nitrogens with two attached hydrogens (primary N) is 1. The summed E-state index contributed by atoms with van der Waals surface area (Å²) < 4.78 is 5.92. The number of hydrogen-bond acceptors (Lipinski definition) is 4. The second kappa shape index (κ2) is 11.3. The summed E-state index contributed by atoms with van der Waals surface area (Å²) in [4.78, 5) is 26.4. The fraction of sp³-hybridized carbons (Fsp3) is 0.276. The number of carbonyl (C=O) groups excluding carboxylic acids is 2. The Kier molecular flexibility index (Phi) is 7.79. The molecule has 0 unspecified atom stereocenters. The second-order valence-corrected chi connectivity index (χ2v) is 8.90. The van der Waals surface area contributed by atoms with Crippen molar-refractivity contribution in [2.45, 2.75) is 25.7 Å². The standard InChI is InChI=1S/C29H29N3O3/c30-19-23-8-10-24(11-9-23)26-18-25(29(31)34)12-13-27(26)35-20-28(33)32-16-14-22(15-17-32)7-6-21-4-2-1-3-5-21/h1-5,8-13,18,22H,6-7,14-17,20H2,(H2,31,34). The summed E-state index contributed by atoms with van der Waals surface area (Å²) in [5.41, 5.74) is 9.12. The number of ether oxygens (including phenoxy) is 1. The topological polar surface area (TPSA) is 96.4 Å². The molecule has 0 aliphatic carbocycles. The average Bonchev–Trinajstić information content (AvgIpc) is 2.91. The van der Waals surface area contributed by atoms with E-state index in [0.29, 0.717) is 28.4 Å². The Morgan fingerprint density at radius 1 is 1.00 bits per heavy atom. The van der Waals surface area contributed by atoms with Crippen LogP contribution < -0.4 is 10.5 Å². The number of nitriles is 1. The fourth-order valence-corrected chi connectivity index (χ4v) is 4.48. The molecule has 35 heavy (non-hydrogen) atoms. The molecule has 1 saturated heterocycles. The zero-order valence-corrected chi connectivity index (χ0v) is 19.7. The number of aryl methyl sites for hydroxylation is 1. The van der Waals surface area contributed by atoms with Crippen molar-refractivity contribution in [3.8, 4) is 22.9 Å². The van der Waals surface area contributed by atoms with Crippen molar-refractivity contribution in [2.75, 3.05) is 19.7 Å². The maximum Gasteiger partial charge on any atom is 0.260 e. The molecule has 2 amide bonds. The van der Waals surface area contributed by atoms with Gasteiger partial charge < -0.3 is 15.4 Å². The third-order valence-electron chi connectivity index (χ3n) is 6.59. The molecule has 1 heterocycles. The lowest BCUT2D eigenvalue weighted by Gasteiger charge is -2.32. The van der Waals surface area contributed by atoms with Crippen LogP contribution in [0.15, 0.2) is 72.8 Å². The van der Waals surface area contributed by atoms with Gasteiger partial charge in [-0.2, -0.15) is 5.26 Å². The van der Waals surface area contributed by atoms with E-state index in [1.165, 1.54) is 5.56 Å². The van der Waals surface area contributed by atoms with Gasteiger partial charge >= 0.3 is 0 Å². The molecule has 178 valence electrons. The molecule has 0 spiro atoms. The Bertz CT molecular complexity index is 1210. The minimum Gasteiger partial charge on any atom is -0.483 e. The van der Waals surface area contributed by atoms with Crippen LogP contribution in [0.25, 0.3) is 11.1 Å². The van der Waals surface area contributed by atoms with Crippen LogP contribution >= 0.6 is 0 Å². The van der Waals surface area contributed by atoms with Crippen LogP contribution in [-0.2, 0) is 11.2 Å². The minimum absolute atomic E-state index is 0.0451. The highest BCUT2D eigenvalue weighted by molar-refractivity contribution is 5.95. The maximum absolute atomic E-state index is 12.9. The van der Waals surface area contributed by atoms with Gasteiger partial charge in [0.1, 0.15) is 5.75 Å². The number of piperidine rings is 1. The molecular weight excluding hydrogens is 438 g/mol. The molecule has 0 aromatic heterocycles. The summed E-state index contributed by atoms with van der Waals surface area (Å²) in [6.45, 7) is 1.41. The molecule has 3 aromatic carbocycles. The van der Waals surface area contributed by atoms with Crippen molar-refractivity contribution >= 4 is 11.8 Å². The summed E-state index contributed by atoms with van der Waals surface area (Å²) in [5.74, 6) is 0.532. The van der Waals surface area contributed by atoms with E-state index in [-0.39, 0.29) is 12.5 Å². The van der Waals surface area contributed by atoms with Crippen LogP contribution in [0.1, 0.15) is 40.7 Å². The van der Waals surface area contributed by atoms with Crippen LogP contribution in [0.3, 0.4) is 0 Å². The quantitative estimate of drug-likeness (QED) is 0.525. The lowest BCUT2D eigenvalue weighted by atomic mass is 9.90. The van der Waals surface area contributed by atoms with Crippen molar-refractivity contribution < 1.29 is 14.3 Å². The van der Waals surface area contributed by atoms with Crippen LogP contribution in [0.5, 0.6) is 5.75 Å². The van der Waals surface area contributed by atoms with Crippen molar-refractivity contribution in [2.24, 2.45) is 11.7 Å². The smallest absolute Gasteiger partial charge is 0.260 e. The SMILES string of the molecule is N#Cc1ccc(-c2cc(C(N)=O)ccc2OCC(=O)N2CCC(CCc3ccccc3)CC2)cc1. The number of amides is 2.